The number of rotatable bonds is 2. The Labute approximate surface area is 93.6 Å². The van der Waals surface area contributed by atoms with E-state index in [9.17, 15) is 0 Å². The molecule has 0 unspecified atom stereocenters. The third-order valence-corrected chi connectivity index (χ3v) is 1.75. The topological polar surface area (TPSA) is 12.4 Å². The fourth-order valence-electron chi connectivity index (χ4n) is 1.10. The molecule has 0 aromatic heterocycles. The summed E-state index contributed by atoms with van der Waals surface area (Å²) in [5, 5.41) is 0. The number of aliphatic imine (C=N–C) groups is 1. The SMILES string of the molecule is C/C=C\C(C)=Nc1ccc(C)cc1.CC. The lowest BCUT2D eigenvalue weighted by molar-refractivity contribution is 1.43. The molecule has 82 valence electrons. The Morgan fingerprint density at radius 2 is 1.67 bits per heavy atom. The Bertz CT molecular complexity index is 318. The van der Waals surface area contributed by atoms with Crippen molar-refractivity contribution in [3.8, 4) is 0 Å². The molecule has 0 spiro atoms. The Morgan fingerprint density at radius 1 is 1.13 bits per heavy atom. The summed E-state index contributed by atoms with van der Waals surface area (Å²) >= 11 is 0. The largest absolute Gasteiger partial charge is 0.254 e. The van der Waals surface area contributed by atoms with Gasteiger partial charge < -0.3 is 0 Å². The van der Waals surface area contributed by atoms with Gasteiger partial charge >= 0.3 is 0 Å². The predicted octanol–water partition coefficient (Wildman–Crippen LogP) is 4.69. The highest BCUT2D eigenvalue weighted by atomic mass is 14.7. The van der Waals surface area contributed by atoms with Crippen molar-refractivity contribution in [2.24, 2.45) is 4.99 Å². The van der Waals surface area contributed by atoms with E-state index in [0.29, 0.717) is 0 Å². The average Bonchev–Trinajstić information content (AvgIpc) is 2.25. The molecule has 0 fully saturated rings. The zero-order valence-corrected chi connectivity index (χ0v) is 10.4. The lowest BCUT2D eigenvalue weighted by atomic mass is 10.2. The number of benzene rings is 1. The highest BCUT2D eigenvalue weighted by molar-refractivity contribution is 5.94. The number of aryl methyl sites for hydroxylation is 1. The van der Waals surface area contributed by atoms with Crippen LogP contribution in [0.5, 0.6) is 0 Å². The van der Waals surface area contributed by atoms with Gasteiger partial charge in [0.2, 0.25) is 0 Å². The molecule has 1 heteroatoms. The summed E-state index contributed by atoms with van der Waals surface area (Å²) in [7, 11) is 0. The van der Waals surface area contributed by atoms with Gasteiger partial charge in [0.05, 0.1) is 5.69 Å². The first kappa shape index (κ1) is 13.6. The van der Waals surface area contributed by atoms with Crippen LogP contribution >= 0.6 is 0 Å². The highest BCUT2D eigenvalue weighted by Gasteiger charge is 1.88. The van der Waals surface area contributed by atoms with Gasteiger partial charge in [0, 0.05) is 5.71 Å². The van der Waals surface area contributed by atoms with E-state index >= 15 is 0 Å². The van der Waals surface area contributed by atoms with Gasteiger partial charge in [-0.3, -0.25) is 4.99 Å². The van der Waals surface area contributed by atoms with Gasteiger partial charge in [-0.1, -0.05) is 37.6 Å². The number of nitrogens with zero attached hydrogens (tertiary/aromatic N) is 1. The second-order valence-corrected chi connectivity index (χ2v) is 3.09. The molecule has 15 heavy (non-hydrogen) atoms. The Hall–Kier alpha value is -1.37. The summed E-state index contributed by atoms with van der Waals surface area (Å²) < 4.78 is 0. The van der Waals surface area contributed by atoms with Gasteiger partial charge in [0.1, 0.15) is 0 Å². The van der Waals surface area contributed by atoms with E-state index < -0.39 is 0 Å². The summed E-state index contributed by atoms with van der Waals surface area (Å²) in [4.78, 5) is 4.42. The minimum atomic E-state index is 1.02. The van der Waals surface area contributed by atoms with Crippen molar-refractivity contribution in [3.63, 3.8) is 0 Å². The molecule has 0 N–H and O–H groups in total. The van der Waals surface area contributed by atoms with Crippen LogP contribution in [0.1, 0.15) is 33.3 Å². The van der Waals surface area contributed by atoms with Crippen molar-refractivity contribution in [2.45, 2.75) is 34.6 Å². The van der Waals surface area contributed by atoms with E-state index in [4.69, 9.17) is 0 Å². The van der Waals surface area contributed by atoms with Crippen molar-refractivity contribution in [1.29, 1.82) is 0 Å². The molecule has 0 aliphatic carbocycles. The second-order valence-electron chi connectivity index (χ2n) is 3.09. The first-order chi connectivity index (χ1) is 7.22. The normalized spacial score (nSPS) is 11.1. The zero-order valence-electron chi connectivity index (χ0n) is 10.4. The van der Waals surface area contributed by atoms with Crippen LogP contribution in [-0.2, 0) is 0 Å². The summed E-state index contributed by atoms with van der Waals surface area (Å²) in [6.45, 7) is 10.1. The molecule has 1 aromatic rings. The van der Waals surface area contributed by atoms with Gasteiger partial charge in [0.15, 0.2) is 0 Å². The summed E-state index contributed by atoms with van der Waals surface area (Å²) in [6, 6.07) is 8.20. The molecule has 0 saturated heterocycles. The smallest absolute Gasteiger partial charge is 0.0633 e. The van der Waals surface area contributed by atoms with E-state index in [1.165, 1.54) is 5.56 Å². The predicted molar refractivity (Wildman–Crippen MR) is 70.1 cm³/mol. The van der Waals surface area contributed by atoms with Crippen molar-refractivity contribution in [2.75, 3.05) is 0 Å². The molecule has 1 rings (SSSR count). The molecular weight excluding hydrogens is 182 g/mol. The molecule has 0 radical (unpaired) electrons. The van der Waals surface area contributed by atoms with Gasteiger partial charge in [-0.25, -0.2) is 0 Å². The molecular formula is C14H21N. The van der Waals surface area contributed by atoms with E-state index in [2.05, 4.69) is 24.0 Å². The summed E-state index contributed by atoms with van der Waals surface area (Å²) in [5.74, 6) is 0. The fourth-order valence-corrected chi connectivity index (χ4v) is 1.10. The molecule has 0 saturated carbocycles. The Kier molecular flexibility index (Phi) is 7.25. The molecule has 0 atom stereocenters. The van der Waals surface area contributed by atoms with Crippen molar-refractivity contribution < 1.29 is 0 Å². The summed E-state index contributed by atoms with van der Waals surface area (Å²) in [5.41, 5.74) is 3.31. The third kappa shape index (κ3) is 5.84. The zero-order chi connectivity index (χ0) is 11.7. The summed E-state index contributed by atoms with van der Waals surface area (Å²) in [6.07, 6.45) is 3.99. The third-order valence-electron chi connectivity index (χ3n) is 1.75. The van der Waals surface area contributed by atoms with Crippen LogP contribution in [0.2, 0.25) is 0 Å². The van der Waals surface area contributed by atoms with Crippen LogP contribution in [0, 0.1) is 6.92 Å². The Morgan fingerprint density at radius 3 is 2.13 bits per heavy atom. The molecule has 0 aliphatic rings. The van der Waals surface area contributed by atoms with Crippen molar-refractivity contribution in [3.05, 3.63) is 42.0 Å². The van der Waals surface area contributed by atoms with Crippen LogP contribution in [0.25, 0.3) is 0 Å². The molecule has 0 amide bonds. The minimum absolute atomic E-state index is 1.02. The molecule has 0 heterocycles. The number of hydrogen-bond donors (Lipinski definition) is 0. The van der Waals surface area contributed by atoms with Crippen LogP contribution in [-0.4, -0.2) is 5.71 Å². The fraction of sp³-hybridized carbons (Fsp3) is 0.357. The second kappa shape index (κ2) is 7.98. The average molecular weight is 203 g/mol. The van der Waals surface area contributed by atoms with E-state index in [0.717, 1.165) is 11.4 Å². The maximum absolute atomic E-state index is 4.42. The molecule has 0 aliphatic heterocycles. The van der Waals surface area contributed by atoms with Crippen LogP contribution < -0.4 is 0 Å². The first-order valence-electron chi connectivity index (χ1n) is 5.47. The van der Waals surface area contributed by atoms with Crippen molar-refractivity contribution in [1.82, 2.24) is 0 Å². The molecule has 0 bridgehead atoms. The first-order valence-corrected chi connectivity index (χ1v) is 5.47. The van der Waals surface area contributed by atoms with Gasteiger partial charge in [-0.05, 0) is 39.0 Å². The van der Waals surface area contributed by atoms with Gasteiger partial charge in [0.25, 0.3) is 0 Å². The van der Waals surface area contributed by atoms with Gasteiger partial charge in [-0.15, -0.1) is 0 Å². The lowest BCUT2D eigenvalue weighted by Crippen LogP contribution is -1.81. The quantitative estimate of drug-likeness (QED) is 0.618. The molecule has 1 nitrogen and oxygen atoms in total. The maximum atomic E-state index is 4.42. The minimum Gasteiger partial charge on any atom is -0.254 e. The Balaban J connectivity index is 0.000000921. The standard InChI is InChI=1S/C12H15N.C2H6/c1-4-5-11(3)13-12-8-6-10(2)7-9-12;1-2/h4-9H,1-3H3;1-2H3/b5-4-,13-11?;. The highest BCUT2D eigenvalue weighted by Crippen LogP contribution is 2.12. The maximum Gasteiger partial charge on any atom is 0.0633 e. The van der Waals surface area contributed by atoms with Crippen LogP contribution in [0.15, 0.2) is 41.4 Å². The molecule has 1 aromatic carbocycles. The van der Waals surface area contributed by atoms with Crippen molar-refractivity contribution >= 4 is 11.4 Å². The van der Waals surface area contributed by atoms with Gasteiger partial charge in [-0.2, -0.15) is 0 Å². The van der Waals surface area contributed by atoms with E-state index in [1.54, 1.807) is 0 Å². The lowest BCUT2D eigenvalue weighted by Gasteiger charge is -1.95. The van der Waals surface area contributed by atoms with Crippen LogP contribution in [0.3, 0.4) is 0 Å². The number of allylic oxidation sites excluding steroid dienone is 2. The van der Waals surface area contributed by atoms with E-state index in [1.807, 2.05) is 52.0 Å². The van der Waals surface area contributed by atoms with E-state index in [-0.39, 0.29) is 0 Å². The monoisotopic (exact) mass is 203 g/mol. The number of hydrogen-bond acceptors (Lipinski definition) is 1. The van der Waals surface area contributed by atoms with Crippen LogP contribution in [0.4, 0.5) is 5.69 Å².